The summed E-state index contributed by atoms with van der Waals surface area (Å²) in [5.41, 5.74) is 4.04. The highest BCUT2D eigenvalue weighted by Crippen LogP contribution is 2.34. The molecule has 3 rings (SSSR count). The molecule has 20 heavy (non-hydrogen) atoms. The van der Waals surface area contributed by atoms with Crippen molar-refractivity contribution in [2.24, 2.45) is 0 Å². The lowest BCUT2D eigenvalue weighted by Crippen LogP contribution is -2.38. The highest BCUT2D eigenvalue weighted by atomic mass is 16.5. The minimum atomic E-state index is -0.466. The maximum Gasteiger partial charge on any atom is 0.265 e. The largest absolute Gasteiger partial charge is 0.478 e. The standard InChI is InChI=1S/C17H17NO2/c1-11-8-12(2)16-14(9-11)18-17(19)15(20-16)10-13-6-4-3-5-7-13/h3-9,15H,10H2,1-2H3,(H,18,19). The molecule has 1 unspecified atom stereocenters. The number of fused-ring (bicyclic) bond motifs is 1. The van der Waals surface area contributed by atoms with E-state index in [2.05, 4.69) is 11.4 Å². The third-order valence-corrected chi connectivity index (χ3v) is 3.49. The highest BCUT2D eigenvalue weighted by Gasteiger charge is 2.28. The topological polar surface area (TPSA) is 38.3 Å². The fourth-order valence-electron chi connectivity index (χ4n) is 2.58. The van der Waals surface area contributed by atoms with Gasteiger partial charge in [0.15, 0.2) is 6.10 Å². The van der Waals surface area contributed by atoms with Gasteiger partial charge in [-0.1, -0.05) is 36.4 Å². The highest BCUT2D eigenvalue weighted by molar-refractivity contribution is 5.98. The van der Waals surface area contributed by atoms with E-state index in [0.29, 0.717) is 6.42 Å². The Hall–Kier alpha value is -2.29. The van der Waals surface area contributed by atoms with Gasteiger partial charge in [-0.05, 0) is 36.6 Å². The molecule has 0 radical (unpaired) electrons. The molecular weight excluding hydrogens is 250 g/mol. The Labute approximate surface area is 118 Å². The third kappa shape index (κ3) is 2.39. The van der Waals surface area contributed by atoms with E-state index in [9.17, 15) is 4.79 Å². The van der Waals surface area contributed by atoms with E-state index in [1.807, 2.05) is 50.2 Å². The molecule has 1 heterocycles. The number of rotatable bonds is 2. The Bertz CT molecular complexity index is 650. The predicted molar refractivity (Wildman–Crippen MR) is 79.1 cm³/mol. The van der Waals surface area contributed by atoms with Crippen LogP contribution < -0.4 is 10.1 Å². The molecule has 0 aromatic heterocycles. The molecule has 2 aromatic carbocycles. The summed E-state index contributed by atoms with van der Waals surface area (Å²) in [5, 5.41) is 2.95. The minimum Gasteiger partial charge on any atom is -0.478 e. The molecule has 3 heteroatoms. The van der Waals surface area contributed by atoms with Crippen LogP contribution in [0.4, 0.5) is 5.69 Å². The average molecular weight is 267 g/mol. The molecule has 1 atom stereocenters. The number of nitrogens with one attached hydrogen (secondary N) is 1. The van der Waals surface area contributed by atoms with Gasteiger partial charge in [0.1, 0.15) is 5.75 Å². The van der Waals surface area contributed by atoms with Crippen LogP contribution in [0.15, 0.2) is 42.5 Å². The van der Waals surface area contributed by atoms with Crippen LogP contribution in [0.5, 0.6) is 5.75 Å². The van der Waals surface area contributed by atoms with E-state index in [0.717, 1.165) is 28.1 Å². The number of amides is 1. The van der Waals surface area contributed by atoms with Crippen molar-refractivity contribution in [1.29, 1.82) is 0 Å². The molecule has 0 spiro atoms. The smallest absolute Gasteiger partial charge is 0.265 e. The summed E-state index contributed by atoms with van der Waals surface area (Å²) in [6.07, 6.45) is 0.116. The molecule has 1 aliphatic rings. The number of hydrogen-bond donors (Lipinski definition) is 1. The van der Waals surface area contributed by atoms with Gasteiger partial charge in [-0.25, -0.2) is 0 Å². The van der Waals surface area contributed by atoms with Gasteiger partial charge in [-0.15, -0.1) is 0 Å². The maximum atomic E-state index is 12.1. The predicted octanol–water partition coefficient (Wildman–Crippen LogP) is 3.25. The second kappa shape index (κ2) is 5.00. The molecular formula is C17H17NO2. The van der Waals surface area contributed by atoms with Gasteiger partial charge < -0.3 is 10.1 Å². The normalized spacial score (nSPS) is 17.1. The molecule has 0 saturated heterocycles. The fraction of sp³-hybridized carbons (Fsp3) is 0.235. The van der Waals surface area contributed by atoms with Crippen LogP contribution in [-0.4, -0.2) is 12.0 Å². The van der Waals surface area contributed by atoms with E-state index >= 15 is 0 Å². The van der Waals surface area contributed by atoms with Crippen molar-refractivity contribution in [3.63, 3.8) is 0 Å². The summed E-state index contributed by atoms with van der Waals surface area (Å²) in [6.45, 7) is 4.01. The van der Waals surface area contributed by atoms with Gasteiger partial charge in [0.25, 0.3) is 5.91 Å². The van der Waals surface area contributed by atoms with E-state index in [1.165, 1.54) is 0 Å². The Morgan fingerprint density at radius 3 is 2.65 bits per heavy atom. The zero-order valence-corrected chi connectivity index (χ0v) is 11.6. The summed E-state index contributed by atoms with van der Waals surface area (Å²) >= 11 is 0. The van der Waals surface area contributed by atoms with Crippen LogP contribution in [0.3, 0.4) is 0 Å². The second-order valence-electron chi connectivity index (χ2n) is 5.24. The first-order chi connectivity index (χ1) is 9.63. The quantitative estimate of drug-likeness (QED) is 0.907. The van der Waals surface area contributed by atoms with Crippen molar-refractivity contribution >= 4 is 11.6 Å². The molecule has 102 valence electrons. The first-order valence-electron chi connectivity index (χ1n) is 6.76. The van der Waals surface area contributed by atoms with E-state index in [4.69, 9.17) is 4.74 Å². The summed E-state index contributed by atoms with van der Waals surface area (Å²) in [5.74, 6) is 0.711. The van der Waals surface area contributed by atoms with Gasteiger partial charge in [0, 0.05) is 6.42 Å². The minimum absolute atomic E-state index is 0.0775. The zero-order valence-electron chi connectivity index (χ0n) is 11.6. The zero-order chi connectivity index (χ0) is 14.1. The van der Waals surface area contributed by atoms with Crippen molar-refractivity contribution < 1.29 is 9.53 Å². The monoisotopic (exact) mass is 267 g/mol. The SMILES string of the molecule is Cc1cc(C)c2c(c1)NC(=O)C(Cc1ccccc1)O2. The number of benzene rings is 2. The molecule has 1 aliphatic heterocycles. The third-order valence-electron chi connectivity index (χ3n) is 3.49. The van der Waals surface area contributed by atoms with Crippen molar-refractivity contribution in [2.75, 3.05) is 5.32 Å². The summed E-state index contributed by atoms with van der Waals surface area (Å²) in [4.78, 5) is 12.1. The lowest BCUT2D eigenvalue weighted by atomic mass is 10.0. The number of anilines is 1. The van der Waals surface area contributed by atoms with Crippen LogP contribution >= 0.6 is 0 Å². The average Bonchev–Trinajstić information content (AvgIpc) is 2.41. The van der Waals surface area contributed by atoms with Crippen molar-refractivity contribution in [2.45, 2.75) is 26.4 Å². The number of carbonyl (C=O) groups excluding carboxylic acids is 1. The van der Waals surface area contributed by atoms with E-state index in [1.54, 1.807) is 0 Å². The summed E-state index contributed by atoms with van der Waals surface area (Å²) in [6, 6.07) is 13.9. The number of carbonyl (C=O) groups is 1. The lowest BCUT2D eigenvalue weighted by molar-refractivity contribution is -0.123. The van der Waals surface area contributed by atoms with Crippen LogP contribution in [0, 0.1) is 13.8 Å². The first-order valence-corrected chi connectivity index (χ1v) is 6.76. The summed E-state index contributed by atoms with van der Waals surface area (Å²) in [7, 11) is 0. The number of ether oxygens (including phenoxy) is 1. The lowest BCUT2D eigenvalue weighted by Gasteiger charge is -2.27. The number of hydrogen-bond acceptors (Lipinski definition) is 2. The summed E-state index contributed by atoms with van der Waals surface area (Å²) < 4.78 is 5.92. The van der Waals surface area contributed by atoms with Gasteiger partial charge in [-0.3, -0.25) is 4.79 Å². The van der Waals surface area contributed by atoms with Gasteiger partial charge in [0.05, 0.1) is 5.69 Å². The Kier molecular flexibility index (Phi) is 3.18. The van der Waals surface area contributed by atoms with Gasteiger partial charge >= 0.3 is 0 Å². The van der Waals surface area contributed by atoms with E-state index < -0.39 is 6.10 Å². The molecule has 1 N–H and O–H groups in total. The van der Waals surface area contributed by atoms with Crippen molar-refractivity contribution in [3.8, 4) is 5.75 Å². The van der Waals surface area contributed by atoms with Crippen LogP contribution in [0.1, 0.15) is 16.7 Å². The molecule has 0 saturated carbocycles. The molecule has 2 aromatic rings. The fourth-order valence-corrected chi connectivity index (χ4v) is 2.58. The Balaban J connectivity index is 1.87. The Morgan fingerprint density at radius 2 is 1.90 bits per heavy atom. The van der Waals surface area contributed by atoms with E-state index in [-0.39, 0.29) is 5.91 Å². The van der Waals surface area contributed by atoms with Crippen molar-refractivity contribution in [3.05, 3.63) is 59.2 Å². The number of aryl methyl sites for hydroxylation is 2. The van der Waals surface area contributed by atoms with Gasteiger partial charge in [-0.2, -0.15) is 0 Å². The molecule has 0 fully saturated rings. The first kappa shape index (κ1) is 12.7. The molecule has 0 aliphatic carbocycles. The van der Waals surface area contributed by atoms with Crippen LogP contribution in [-0.2, 0) is 11.2 Å². The molecule has 1 amide bonds. The van der Waals surface area contributed by atoms with Crippen LogP contribution in [0.2, 0.25) is 0 Å². The second-order valence-corrected chi connectivity index (χ2v) is 5.24. The Morgan fingerprint density at radius 1 is 1.15 bits per heavy atom. The maximum absolute atomic E-state index is 12.1. The molecule has 3 nitrogen and oxygen atoms in total. The van der Waals surface area contributed by atoms with Gasteiger partial charge in [0.2, 0.25) is 0 Å². The molecule has 0 bridgehead atoms. The van der Waals surface area contributed by atoms with Crippen LogP contribution in [0.25, 0.3) is 0 Å². The van der Waals surface area contributed by atoms with Crippen molar-refractivity contribution in [1.82, 2.24) is 0 Å².